The van der Waals surface area contributed by atoms with Crippen LogP contribution in [-0.2, 0) is 11.2 Å². The summed E-state index contributed by atoms with van der Waals surface area (Å²) in [6, 6.07) is 18.2. The minimum Gasteiger partial charge on any atom is -0.357 e. The molecule has 1 atom stereocenters. The van der Waals surface area contributed by atoms with Gasteiger partial charge in [0, 0.05) is 23.5 Å². The summed E-state index contributed by atoms with van der Waals surface area (Å²) in [7, 11) is 1.55. The van der Waals surface area contributed by atoms with E-state index in [9.17, 15) is 9.59 Å². The highest BCUT2D eigenvalue weighted by molar-refractivity contribution is 9.10. The monoisotopic (exact) mass is 426 g/mol. The number of nitrogens with one attached hydrogen (secondary N) is 3. The van der Waals surface area contributed by atoms with E-state index in [4.69, 9.17) is 0 Å². The first-order valence-corrected chi connectivity index (χ1v) is 9.24. The third-order valence-electron chi connectivity index (χ3n) is 4.11. The lowest BCUT2D eigenvalue weighted by Crippen LogP contribution is -2.47. The SMILES string of the molecule is CNC(=O)[C@H](Cc1ccc(Br)cc1)NC(=O)c1cc(-c2ccccc2)n[nH]1. The molecule has 2 amide bonds. The molecule has 3 aromatic rings. The number of carbonyl (C=O) groups excluding carboxylic acids is 2. The van der Waals surface area contributed by atoms with Crippen LogP contribution in [0.1, 0.15) is 16.1 Å². The van der Waals surface area contributed by atoms with Crippen molar-refractivity contribution in [2.24, 2.45) is 0 Å². The number of aromatic amines is 1. The molecule has 27 heavy (non-hydrogen) atoms. The van der Waals surface area contributed by atoms with Gasteiger partial charge in [0.2, 0.25) is 5.91 Å². The zero-order valence-electron chi connectivity index (χ0n) is 14.7. The molecule has 0 unspecified atom stereocenters. The summed E-state index contributed by atoms with van der Waals surface area (Å²) < 4.78 is 0.956. The molecule has 6 nitrogen and oxygen atoms in total. The molecule has 2 aromatic carbocycles. The van der Waals surface area contributed by atoms with E-state index < -0.39 is 6.04 Å². The van der Waals surface area contributed by atoms with Gasteiger partial charge in [-0.15, -0.1) is 0 Å². The second-order valence-electron chi connectivity index (χ2n) is 6.00. The van der Waals surface area contributed by atoms with Crippen LogP contribution in [0.25, 0.3) is 11.3 Å². The van der Waals surface area contributed by atoms with Gasteiger partial charge in [-0.3, -0.25) is 14.7 Å². The molecule has 0 bridgehead atoms. The van der Waals surface area contributed by atoms with Gasteiger partial charge in [-0.05, 0) is 23.8 Å². The predicted octanol–water partition coefficient (Wildman–Crippen LogP) is 2.93. The molecule has 0 saturated carbocycles. The van der Waals surface area contributed by atoms with Crippen LogP contribution in [0.4, 0.5) is 0 Å². The molecule has 7 heteroatoms. The number of hydrogen-bond acceptors (Lipinski definition) is 3. The molecule has 3 rings (SSSR count). The first-order chi connectivity index (χ1) is 13.1. The highest BCUT2D eigenvalue weighted by atomic mass is 79.9. The number of H-pyrrole nitrogens is 1. The molecule has 0 aliphatic rings. The van der Waals surface area contributed by atoms with E-state index in [2.05, 4.69) is 36.8 Å². The average molecular weight is 427 g/mol. The number of hydrogen-bond donors (Lipinski definition) is 3. The van der Waals surface area contributed by atoms with E-state index in [1.807, 2.05) is 54.6 Å². The van der Waals surface area contributed by atoms with Gasteiger partial charge in [-0.2, -0.15) is 5.10 Å². The Bertz CT molecular complexity index is 923. The summed E-state index contributed by atoms with van der Waals surface area (Å²) in [5.41, 5.74) is 2.83. The summed E-state index contributed by atoms with van der Waals surface area (Å²) in [5, 5.41) is 12.3. The summed E-state index contributed by atoms with van der Waals surface area (Å²) in [4.78, 5) is 24.8. The maximum absolute atomic E-state index is 12.6. The lowest BCUT2D eigenvalue weighted by Gasteiger charge is -2.17. The number of likely N-dealkylation sites (N-methyl/N-ethyl adjacent to an activating group) is 1. The molecule has 0 aliphatic heterocycles. The van der Waals surface area contributed by atoms with Crippen molar-refractivity contribution in [1.82, 2.24) is 20.8 Å². The van der Waals surface area contributed by atoms with Gasteiger partial charge in [0.15, 0.2) is 0 Å². The molecule has 0 spiro atoms. The largest absolute Gasteiger partial charge is 0.357 e. The van der Waals surface area contributed by atoms with Crippen LogP contribution < -0.4 is 10.6 Å². The maximum Gasteiger partial charge on any atom is 0.269 e. The van der Waals surface area contributed by atoms with Crippen molar-refractivity contribution in [2.75, 3.05) is 7.05 Å². The summed E-state index contributed by atoms with van der Waals surface area (Å²) in [6.45, 7) is 0. The maximum atomic E-state index is 12.6. The second kappa shape index (κ2) is 8.64. The lowest BCUT2D eigenvalue weighted by molar-refractivity contribution is -0.122. The Morgan fingerprint density at radius 1 is 1.11 bits per heavy atom. The first kappa shape index (κ1) is 18.8. The van der Waals surface area contributed by atoms with Crippen LogP contribution in [0.15, 0.2) is 65.1 Å². The van der Waals surface area contributed by atoms with Crippen LogP contribution in [0, 0.1) is 0 Å². The fraction of sp³-hybridized carbons (Fsp3) is 0.150. The summed E-state index contributed by atoms with van der Waals surface area (Å²) >= 11 is 3.39. The molecular weight excluding hydrogens is 408 g/mol. The summed E-state index contributed by atoms with van der Waals surface area (Å²) in [6.07, 6.45) is 0.387. The first-order valence-electron chi connectivity index (χ1n) is 8.44. The van der Waals surface area contributed by atoms with Crippen LogP contribution in [-0.4, -0.2) is 35.1 Å². The Kier molecular flexibility index (Phi) is 6.03. The van der Waals surface area contributed by atoms with Crippen LogP contribution in [0.5, 0.6) is 0 Å². The number of amides is 2. The number of benzene rings is 2. The van der Waals surface area contributed by atoms with Crippen molar-refractivity contribution >= 4 is 27.7 Å². The van der Waals surface area contributed by atoms with Gasteiger partial charge in [0.05, 0.1) is 5.69 Å². The third kappa shape index (κ3) is 4.83. The standard InChI is InChI=1S/C20H19BrN4O2/c1-22-19(26)17(11-13-7-9-15(21)10-8-13)23-20(27)18-12-16(24-25-18)14-5-3-2-4-6-14/h2-10,12,17H,11H2,1H3,(H,22,26)(H,23,27)(H,24,25)/t17-/m0/s1. The Morgan fingerprint density at radius 2 is 1.81 bits per heavy atom. The van der Waals surface area contributed by atoms with Gasteiger partial charge in [0.25, 0.3) is 5.91 Å². The fourth-order valence-electron chi connectivity index (χ4n) is 2.67. The Labute approximate surface area is 165 Å². The van der Waals surface area contributed by atoms with Crippen molar-refractivity contribution in [3.05, 3.63) is 76.4 Å². The fourth-order valence-corrected chi connectivity index (χ4v) is 2.93. The molecule has 1 heterocycles. The summed E-state index contributed by atoms with van der Waals surface area (Å²) in [5.74, 6) is -0.635. The number of halogens is 1. The van der Waals surface area contributed by atoms with Crippen molar-refractivity contribution < 1.29 is 9.59 Å². The molecule has 0 saturated heterocycles. The highest BCUT2D eigenvalue weighted by Crippen LogP contribution is 2.17. The topological polar surface area (TPSA) is 86.9 Å². The van der Waals surface area contributed by atoms with E-state index in [1.54, 1.807) is 13.1 Å². The van der Waals surface area contributed by atoms with Gasteiger partial charge in [-0.1, -0.05) is 58.4 Å². The molecule has 0 aliphatic carbocycles. The van der Waals surface area contributed by atoms with Crippen molar-refractivity contribution in [2.45, 2.75) is 12.5 Å². The van der Waals surface area contributed by atoms with Crippen molar-refractivity contribution in [3.63, 3.8) is 0 Å². The lowest BCUT2D eigenvalue weighted by atomic mass is 10.1. The van der Waals surface area contributed by atoms with Crippen LogP contribution >= 0.6 is 15.9 Å². The Balaban J connectivity index is 1.73. The Hall–Kier alpha value is -2.93. The zero-order valence-corrected chi connectivity index (χ0v) is 16.3. The molecular formula is C20H19BrN4O2. The number of carbonyl (C=O) groups is 2. The van der Waals surface area contributed by atoms with E-state index in [0.29, 0.717) is 17.8 Å². The normalized spacial score (nSPS) is 11.6. The second-order valence-corrected chi connectivity index (χ2v) is 6.92. The quantitative estimate of drug-likeness (QED) is 0.566. The Morgan fingerprint density at radius 3 is 2.48 bits per heavy atom. The van der Waals surface area contributed by atoms with Gasteiger partial charge in [0.1, 0.15) is 11.7 Å². The smallest absolute Gasteiger partial charge is 0.269 e. The van der Waals surface area contributed by atoms with Crippen molar-refractivity contribution in [3.8, 4) is 11.3 Å². The zero-order chi connectivity index (χ0) is 19.2. The minimum atomic E-state index is -0.688. The highest BCUT2D eigenvalue weighted by Gasteiger charge is 2.22. The predicted molar refractivity (Wildman–Crippen MR) is 107 cm³/mol. The van der Waals surface area contributed by atoms with Gasteiger partial charge >= 0.3 is 0 Å². The molecule has 1 aromatic heterocycles. The van der Waals surface area contributed by atoms with E-state index in [0.717, 1.165) is 15.6 Å². The number of rotatable bonds is 6. The van der Waals surface area contributed by atoms with Gasteiger partial charge in [-0.25, -0.2) is 0 Å². The van der Waals surface area contributed by atoms with Crippen LogP contribution in [0.2, 0.25) is 0 Å². The van der Waals surface area contributed by atoms with E-state index in [1.165, 1.54) is 0 Å². The van der Waals surface area contributed by atoms with Crippen molar-refractivity contribution in [1.29, 1.82) is 0 Å². The van der Waals surface area contributed by atoms with Gasteiger partial charge < -0.3 is 10.6 Å². The minimum absolute atomic E-state index is 0.255. The number of nitrogens with zero attached hydrogens (tertiary/aromatic N) is 1. The van der Waals surface area contributed by atoms with E-state index >= 15 is 0 Å². The van der Waals surface area contributed by atoms with E-state index in [-0.39, 0.29) is 11.8 Å². The third-order valence-corrected chi connectivity index (χ3v) is 4.64. The molecule has 0 fully saturated rings. The van der Waals surface area contributed by atoms with Crippen LogP contribution in [0.3, 0.4) is 0 Å². The average Bonchev–Trinajstić information content (AvgIpc) is 3.19. The number of aromatic nitrogens is 2. The molecule has 3 N–H and O–H groups in total. The molecule has 0 radical (unpaired) electrons. The molecule has 138 valence electrons.